The fourth-order valence-corrected chi connectivity index (χ4v) is 2.26. The van der Waals surface area contributed by atoms with Crippen LogP contribution in [0.25, 0.3) is 0 Å². The van der Waals surface area contributed by atoms with Gasteiger partial charge in [-0.3, -0.25) is 4.99 Å². The number of rotatable bonds is 7. The predicted molar refractivity (Wildman–Crippen MR) is 104 cm³/mol. The van der Waals surface area contributed by atoms with Crippen LogP contribution in [0.15, 0.2) is 29.3 Å². The molecule has 0 radical (unpaired) electrons. The van der Waals surface area contributed by atoms with Gasteiger partial charge in [-0.15, -0.1) is 24.0 Å². The lowest BCUT2D eigenvalue weighted by atomic mass is 10.2. The second-order valence-electron chi connectivity index (χ2n) is 4.77. The summed E-state index contributed by atoms with van der Waals surface area (Å²) in [5, 5.41) is 8.11. The van der Waals surface area contributed by atoms with E-state index in [1.54, 1.807) is 7.11 Å². The molecule has 9 heteroatoms. The summed E-state index contributed by atoms with van der Waals surface area (Å²) < 4.78 is 27.3. The minimum Gasteiger partial charge on any atom is -0.496 e. The van der Waals surface area contributed by atoms with Gasteiger partial charge < -0.3 is 15.0 Å². The Bertz CT molecular complexity index is 608. The quantitative estimate of drug-likeness (QED) is 0.363. The number of hydrogen-bond acceptors (Lipinski definition) is 4. The average molecular weight is 456 g/mol. The summed E-state index contributed by atoms with van der Waals surface area (Å²) >= 11 is 0. The normalized spacial score (nSPS) is 11.6. The van der Waals surface area contributed by atoms with Crippen molar-refractivity contribution in [2.75, 3.05) is 33.0 Å². The molecular formula is C14H25IN4O3S. The Labute approximate surface area is 155 Å². The first-order chi connectivity index (χ1) is 10.4. The third-order valence-corrected chi connectivity index (χ3v) is 3.69. The molecule has 0 amide bonds. The zero-order chi connectivity index (χ0) is 16.6. The molecule has 0 aliphatic heterocycles. The van der Waals surface area contributed by atoms with Crippen molar-refractivity contribution in [3.05, 3.63) is 29.8 Å². The smallest absolute Gasteiger partial charge is 0.210 e. The zero-order valence-corrected chi connectivity index (χ0v) is 16.8. The van der Waals surface area contributed by atoms with Crippen molar-refractivity contribution >= 4 is 40.0 Å². The van der Waals surface area contributed by atoms with Crippen LogP contribution in [0.1, 0.15) is 12.5 Å². The topological polar surface area (TPSA) is 97.0 Å². The van der Waals surface area contributed by atoms with E-state index in [4.69, 9.17) is 9.88 Å². The standard InChI is InChI=1S/C14H24N4O3S.HI/c1-4-16-14(17-9-10-22(15,19)20)18(2)11-12-7-5-6-8-13(12)21-3;/h5-8H,4,9-11H2,1-3H3,(H,16,17)(H2,15,19,20);1H. The summed E-state index contributed by atoms with van der Waals surface area (Å²) in [6.45, 7) is 3.35. The molecule has 3 N–H and O–H groups in total. The van der Waals surface area contributed by atoms with E-state index in [1.807, 2.05) is 43.1 Å². The number of nitrogens with two attached hydrogens (primary N) is 1. The lowest BCUT2D eigenvalue weighted by Gasteiger charge is -2.23. The number of guanidine groups is 1. The summed E-state index contributed by atoms with van der Waals surface area (Å²) in [5.41, 5.74) is 1.02. The molecule has 7 nitrogen and oxygen atoms in total. The fraction of sp³-hybridized carbons (Fsp3) is 0.500. The molecular weight excluding hydrogens is 431 g/mol. The third kappa shape index (κ3) is 8.37. The second-order valence-corrected chi connectivity index (χ2v) is 6.50. The van der Waals surface area contributed by atoms with Crippen LogP contribution in [0.2, 0.25) is 0 Å². The number of primary sulfonamides is 1. The number of nitrogens with one attached hydrogen (secondary N) is 1. The average Bonchev–Trinajstić information content (AvgIpc) is 2.45. The first-order valence-electron chi connectivity index (χ1n) is 6.99. The fourth-order valence-electron chi connectivity index (χ4n) is 1.91. The molecule has 0 aromatic heterocycles. The van der Waals surface area contributed by atoms with Crippen LogP contribution in [0.4, 0.5) is 0 Å². The van der Waals surface area contributed by atoms with Crippen LogP contribution < -0.4 is 15.2 Å². The van der Waals surface area contributed by atoms with E-state index in [9.17, 15) is 8.42 Å². The summed E-state index contributed by atoms with van der Waals surface area (Å²) in [5.74, 6) is 1.25. The van der Waals surface area contributed by atoms with Crippen molar-refractivity contribution < 1.29 is 13.2 Å². The van der Waals surface area contributed by atoms with E-state index < -0.39 is 10.0 Å². The molecule has 23 heavy (non-hydrogen) atoms. The molecule has 0 atom stereocenters. The van der Waals surface area contributed by atoms with Gasteiger partial charge in [-0.05, 0) is 13.0 Å². The number of halogens is 1. The molecule has 0 fully saturated rings. The van der Waals surface area contributed by atoms with E-state index in [2.05, 4.69) is 10.3 Å². The molecule has 132 valence electrons. The maximum absolute atomic E-state index is 11.0. The molecule has 0 bridgehead atoms. The SMILES string of the molecule is CCNC(=NCCS(N)(=O)=O)N(C)Cc1ccccc1OC.I. The second kappa shape index (κ2) is 10.7. The van der Waals surface area contributed by atoms with Gasteiger partial charge in [-0.2, -0.15) is 0 Å². The van der Waals surface area contributed by atoms with E-state index >= 15 is 0 Å². The Morgan fingerprint density at radius 1 is 1.39 bits per heavy atom. The molecule has 0 aliphatic carbocycles. The Balaban J connectivity index is 0.00000484. The summed E-state index contributed by atoms with van der Waals surface area (Å²) in [4.78, 5) is 6.19. The summed E-state index contributed by atoms with van der Waals surface area (Å²) in [6.07, 6.45) is 0. The maximum atomic E-state index is 11.0. The number of hydrogen-bond donors (Lipinski definition) is 2. The minimum atomic E-state index is -3.50. The summed E-state index contributed by atoms with van der Waals surface area (Å²) in [6, 6.07) is 7.72. The van der Waals surface area contributed by atoms with Gasteiger partial charge in [0, 0.05) is 25.7 Å². The van der Waals surface area contributed by atoms with Gasteiger partial charge in [0.05, 0.1) is 19.4 Å². The van der Waals surface area contributed by atoms with Crippen molar-refractivity contribution in [3.63, 3.8) is 0 Å². The molecule has 0 spiro atoms. The molecule has 0 saturated heterocycles. The molecule has 1 aromatic rings. The minimum absolute atomic E-state index is 0. The highest BCUT2D eigenvalue weighted by atomic mass is 127. The molecule has 1 rings (SSSR count). The number of aliphatic imine (C=N–C) groups is 1. The lowest BCUT2D eigenvalue weighted by Crippen LogP contribution is -2.39. The van der Waals surface area contributed by atoms with Crippen molar-refractivity contribution in [2.45, 2.75) is 13.5 Å². The highest BCUT2D eigenvalue weighted by molar-refractivity contribution is 14.0. The van der Waals surface area contributed by atoms with Gasteiger partial charge in [0.2, 0.25) is 10.0 Å². The van der Waals surface area contributed by atoms with Crippen LogP contribution in [-0.4, -0.2) is 52.3 Å². The van der Waals surface area contributed by atoms with Crippen LogP contribution in [-0.2, 0) is 16.6 Å². The first-order valence-corrected chi connectivity index (χ1v) is 8.70. The van der Waals surface area contributed by atoms with Gasteiger partial charge in [0.1, 0.15) is 5.75 Å². The monoisotopic (exact) mass is 456 g/mol. The highest BCUT2D eigenvalue weighted by Crippen LogP contribution is 2.18. The number of sulfonamides is 1. The van der Waals surface area contributed by atoms with E-state index in [0.717, 1.165) is 11.3 Å². The summed E-state index contributed by atoms with van der Waals surface area (Å²) in [7, 11) is 0.00567. The van der Waals surface area contributed by atoms with Crippen molar-refractivity contribution in [1.29, 1.82) is 0 Å². The number of methoxy groups -OCH3 is 1. The van der Waals surface area contributed by atoms with E-state index in [0.29, 0.717) is 19.0 Å². The van der Waals surface area contributed by atoms with Crippen LogP contribution in [0, 0.1) is 0 Å². The van der Waals surface area contributed by atoms with Crippen molar-refractivity contribution in [2.24, 2.45) is 10.1 Å². The maximum Gasteiger partial charge on any atom is 0.210 e. The highest BCUT2D eigenvalue weighted by Gasteiger charge is 2.10. The van der Waals surface area contributed by atoms with Gasteiger partial charge in [0.25, 0.3) is 0 Å². The van der Waals surface area contributed by atoms with Crippen LogP contribution in [0.3, 0.4) is 0 Å². The number of para-hydroxylation sites is 1. The van der Waals surface area contributed by atoms with Crippen molar-refractivity contribution in [1.82, 2.24) is 10.2 Å². The number of benzene rings is 1. The first kappa shape index (κ1) is 21.9. The van der Waals surface area contributed by atoms with Crippen molar-refractivity contribution in [3.8, 4) is 5.75 Å². The lowest BCUT2D eigenvalue weighted by molar-refractivity contribution is 0.396. The zero-order valence-electron chi connectivity index (χ0n) is 13.7. The third-order valence-electron chi connectivity index (χ3n) is 2.93. The number of nitrogens with zero attached hydrogens (tertiary/aromatic N) is 2. The van der Waals surface area contributed by atoms with Gasteiger partial charge >= 0.3 is 0 Å². The Morgan fingerprint density at radius 2 is 2.04 bits per heavy atom. The predicted octanol–water partition coefficient (Wildman–Crippen LogP) is 0.999. The van der Waals surface area contributed by atoms with Gasteiger partial charge in [-0.1, -0.05) is 18.2 Å². The van der Waals surface area contributed by atoms with Crippen LogP contribution in [0.5, 0.6) is 5.75 Å². The van der Waals surface area contributed by atoms with E-state index in [1.165, 1.54) is 0 Å². The molecule has 0 saturated carbocycles. The molecule has 0 unspecified atom stereocenters. The Morgan fingerprint density at radius 3 is 2.61 bits per heavy atom. The van der Waals surface area contributed by atoms with Gasteiger partial charge in [0.15, 0.2) is 5.96 Å². The number of ether oxygens (including phenoxy) is 1. The molecule has 0 aliphatic rings. The Kier molecular flexibility index (Phi) is 10.2. The van der Waals surface area contributed by atoms with Crippen LogP contribution >= 0.6 is 24.0 Å². The van der Waals surface area contributed by atoms with E-state index in [-0.39, 0.29) is 36.3 Å². The van der Waals surface area contributed by atoms with Gasteiger partial charge in [-0.25, -0.2) is 13.6 Å². The molecule has 1 aromatic carbocycles. The molecule has 0 heterocycles. The largest absolute Gasteiger partial charge is 0.496 e. The Hall–Kier alpha value is -1.07.